The lowest BCUT2D eigenvalue weighted by Gasteiger charge is -2.25. The van der Waals surface area contributed by atoms with E-state index in [1.165, 1.54) is 26.4 Å². The Hall–Kier alpha value is -3.52. The van der Waals surface area contributed by atoms with E-state index in [0.29, 0.717) is 35.5 Å². The van der Waals surface area contributed by atoms with Crippen LogP contribution in [-0.2, 0) is 17.4 Å². The maximum Gasteiger partial charge on any atom is 0.416 e. The van der Waals surface area contributed by atoms with Crippen molar-refractivity contribution in [2.45, 2.75) is 31.1 Å². The lowest BCUT2D eigenvalue weighted by molar-refractivity contribution is -0.140. The van der Waals surface area contributed by atoms with E-state index in [2.05, 4.69) is 5.32 Å². The first-order valence-corrected chi connectivity index (χ1v) is 10.6. The average molecular weight is 473 g/mol. The number of alkyl halides is 3. The summed E-state index contributed by atoms with van der Waals surface area (Å²) in [6, 6.07) is 17.7. The molecule has 180 valence electrons. The topological polar surface area (TPSA) is 67.8 Å². The van der Waals surface area contributed by atoms with Crippen LogP contribution in [-0.4, -0.2) is 25.3 Å². The van der Waals surface area contributed by atoms with Gasteiger partial charge in [0.05, 0.1) is 19.8 Å². The molecule has 3 aromatic rings. The molecule has 0 fully saturated rings. The monoisotopic (exact) mass is 473 g/mol. The molecule has 2 unspecified atom stereocenters. The standard InChI is InChI=1S/C26H26F3NO4/c1-33-22-15-11-19(16-23(22)34-2)21(30-24(25(31)32)18-6-4-3-5-7-18)14-10-17-8-12-20(13-9-17)26(27,28)29/h3-9,11-13,15-16,21,24,30H,10,14H2,1-2H3,(H,31,32). The van der Waals surface area contributed by atoms with E-state index in [9.17, 15) is 23.1 Å². The zero-order valence-corrected chi connectivity index (χ0v) is 18.8. The molecule has 0 aliphatic carbocycles. The zero-order chi connectivity index (χ0) is 24.7. The van der Waals surface area contributed by atoms with Crippen LogP contribution >= 0.6 is 0 Å². The average Bonchev–Trinajstić information content (AvgIpc) is 2.83. The van der Waals surface area contributed by atoms with Gasteiger partial charge >= 0.3 is 12.1 Å². The number of carbonyl (C=O) groups is 1. The Morgan fingerprint density at radius 1 is 0.912 bits per heavy atom. The van der Waals surface area contributed by atoms with Gasteiger partial charge in [-0.3, -0.25) is 10.1 Å². The first-order valence-electron chi connectivity index (χ1n) is 10.6. The molecule has 0 aliphatic heterocycles. The molecule has 0 aliphatic rings. The van der Waals surface area contributed by atoms with Crippen LogP contribution < -0.4 is 14.8 Å². The van der Waals surface area contributed by atoms with Gasteiger partial charge in [0.1, 0.15) is 6.04 Å². The highest BCUT2D eigenvalue weighted by molar-refractivity contribution is 5.75. The number of aryl methyl sites for hydroxylation is 1. The SMILES string of the molecule is COc1ccc(C(CCc2ccc(C(F)(F)F)cc2)NC(C(=O)O)c2ccccc2)cc1OC. The normalized spacial score (nSPS) is 13.2. The van der Waals surface area contributed by atoms with Gasteiger partial charge in [0.25, 0.3) is 0 Å². The number of carboxylic acid groups (broad SMARTS) is 1. The molecule has 5 nitrogen and oxygen atoms in total. The second kappa shape index (κ2) is 11.1. The summed E-state index contributed by atoms with van der Waals surface area (Å²) in [5, 5.41) is 13.1. The number of benzene rings is 3. The molecular formula is C26H26F3NO4. The number of aliphatic carboxylic acids is 1. The smallest absolute Gasteiger partial charge is 0.416 e. The largest absolute Gasteiger partial charge is 0.493 e. The summed E-state index contributed by atoms with van der Waals surface area (Å²) in [7, 11) is 3.03. The van der Waals surface area contributed by atoms with Crippen molar-refractivity contribution in [3.05, 3.63) is 95.1 Å². The number of methoxy groups -OCH3 is 2. The number of carboxylic acids is 1. The quantitative estimate of drug-likeness (QED) is 0.389. The van der Waals surface area contributed by atoms with Gasteiger partial charge in [-0.15, -0.1) is 0 Å². The van der Waals surface area contributed by atoms with Crippen LogP contribution in [0.5, 0.6) is 11.5 Å². The minimum Gasteiger partial charge on any atom is -0.493 e. The van der Waals surface area contributed by atoms with Crippen LogP contribution in [0.4, 0.5) is 13.2 Å². The van der Waals surface area contributed by atoms with E-state index in [4.69, 9.17) is 9.47 Å². The molecule has 0 bridgehead atoms. The van der Waals surface area contributed by atoms with Crippen molar-refractivity contribution in [3.63, 3.8) is 0 Å². The predicted molar refractivity (Wildman–Crippen MR) is 122 cm³/mol. The Labute approximate surface area is 196 Å². The van der Waals surface area contributed by atoms with E-state index in [1.54, 1.807) is 42.5 Å². The first kappa shape index (κ1) is 25.1. The van der Waals surface area contributed by atoms with Crippen LogP contribution in [0.3, 0.4) is 0 Å². The summed E-state index contributed by atoms with van der Waals surface area (Å²) in [6.07, 6.45) is -3.52. The molecule has 3 aromatic carbocycles. The number of halogens is 3. The van der Waals surface area contributed by atoms with Crippen molar-refractivity contribution >= 4 is 5.97 Å². The van der Waals surface area contributed by atoms with Crippen molar-refractivity contribution in [2.75, 3.05) is 14.2 Å². The molecule has 2 N–H and O–H groups in total. The van der Waals surface area contributed by atoms with E-state index < -0.39 is 29.8 Å². The number of hydrogen-bond acceptors (Lipinski definition) is 4. The first-order chi connectivity index (χ1) is 16.2. The summed E-state index contributed by atoms with van der Waals surface area (Å²) >= 11 is 0. The van der Waals surface area contributed by atoms with E-state index in [-0.39, 0.29) is 0 Å². The van der Waals surface area contributed by atoms with E-state index in [0.717, 1.165) is 17.7 Å². The predicted octanol–water partition coefficient (Wildman–Crippen LogP) is 5.81. The van der Waals surface area contributed by atoms with Crippen molar-refractivity contribution < 1.29 is 32.5 Å². The third-order valence-electron chi connectivity index (χ3n) is 5.56. The summed E-state index contributed by atoms with van der Waals surface area (Å²) < 4.78 is 49.3. The highest BCUT2D eigenvalue weighted by Gasteiger charge is 2.30. The Balaban J connectivity index is 1.89. The van der Waals surface area contributed by atoms with Gasteiger partial charge in [0.2, 0.25) is 0 Å². The fraction of sp³-hybridized carbons (Fsp3) is 0.269. The highest BCUT2D eigenvalue weighted by atomic mass is 19.4. The second-order valence-corrected chi connectivity index (χ2v) is 7.75. The van der Waals surface area contributed by atoms with Crippen molar-refractivity contribution in [1.82, 2.24) is 5.32 Å². The fourth-order valence-electron chi connectivity index (χ4n) is 3.74. The van der Waals surface area contributed by atoms with Crippen LogP contribution in [0.25, 0.3) is 0 Å². The van der Waals surface area contributed by atoms with Crippen LogP contribution in [0.15, 0.2) is 72.8 Å². The van der Waals surface area contributed by atoms with Crippen LogP contribution in [0, 0.1) is 0 Å². The molecule has 0 amide bonds. The molecule has 0 saturated carbocycles. The van der Waals surface area contributed by atoms with Gasteiger partial charge in [0, 0.05) is 6.04 Å². The number of rotatable bonds is 10. The number of nitrogens with one attached hydrogen (secondary N) is 1. The van der Waals surface area contributed by atoms with Gasteiger partial charge in [0.15, 0.2) is 11.5 Å². The molecule has 8 heteroatoms. The van der Waals surface area contributed by atoms with Gasteiger partial charge in [-0.2, -0.15) is 13.2 Å². The molecule has 3 rings (SSSR count). The van der Waals surface area contributed by atoms with E-state index >= 15 is 0 Å². The molecule has 0 heterocycles. The van der Waals surface area contributed by atoms with Gasteiger partial charge in [-0.1, -0.05) is 48.5 Å². The molecule has 0 saturated heterocycles. The van der Waals surface area contributed by atoms with Crippen LogP contribution in [0.1, 0.15) is 40.8 Å². The minimum absolute atomic E-state index is 0.427. The minimum atomic E-state index is -4.40. The van der Waals surface area contributed by atoms with Crippen molar-refractivity contribution in [1.29, 1.82) is 0 Å². The van der Waals surface area contributed by atoms with E-state index in [1.807, 2.05) is 6.07 Å². The lowest BCUT2D eigenvalue weighted by Crippen LogP contribution is -2.32. The number of hydrogen-bond donors (Lipinski definition) is 2. The van der Waals surface area contributed by atoms with Gasteiger partial charge in [-0.05, 0) is 53.8 Å². The van der Waals surface area contributed by atoms with Crippen molar-refractivity contribution in [3.8, 4) is 11.5 Å². The lowest BCUT2D eigenvalue weighted by atomic mass is 9.96. The summed E-state index contributed by atoms with van der Waals surface area (Å²) in [6.45, 7) is 0. The molecule has 0 spiro atoms. The molecular weight excluding hydrogens is 447 g/mol. The third-order valence-corrected chi connectivity index (χ3v) is 5.56. The molecule has 0 radical (unpaired) electrons. The Bertz CT molecular complexity index is 1090. The third kappa shape index (κ3) is 6.29. The molecule has 2 atom stereocenters. The zero-order valence-electron chi connectivity index (χ0n) is 18.8. The summed E-state index contributed by atoms with van der Waals surface area (Å²) in [4.78, 5) is 12.1. The van der Waals surface area contributed by atoms with Crippen molar-refractivity contribution in [2.24, 2.45) is 0 Å². The molecule has 34 heavy (non-hydrogen) atoms. The van der Waals surface area contributed by atoms with Gasteiger partial charge in [-0.25, -0.2) is 0 Å². The second-order valence-electron chi connectivity index (χ2n) is 7.75. The summed E-state index contributed by atoms with van der Waals surface area (Å²) in [5.74, 6) is -0.00953. The maximum atomic E-state index is 12.9. The Morgan fingerprint density at radius 3 is 2.12 bits per heavy atom. The Morgan fingerprint density at radius 2 is 1.56 bits per heavy atom. The summed E-state index contributed by atoms with van der Waals surface area (Å²) in [5.41, 5.74) is 1.37. The van der Waals surface area contributed by atoms with Crippen LogP contribution in [0.2, 0.25) is 0 Å². The number of ether oxygens (including phenoxy) is 2. The van der Waals surface area contributed by atoms with Gasteiger partial charge < -0.3 is 14.6 Å². The molecule has 0 aromatic heterocycles. The fourth-order valence-corrected chi connectivity index (χ4v) is 3.74. The highest BCUT2D eigenvalue weighted by Crippen LogP contribution is 2.33. The maximum absolute atomic E-state index is 12.9. The Kier molecular flexibility index (Phi) is 8.17.